The largest absolute Gasteiger partial charge is 0.481 e. The summed E-state index contributed by atoms with van der Waals surface area (Å²) < 4.78 is 0. The van der Waals surface area contributed by atoms with Crippen LogP contribution in [0.3, 0.4) is 0 Å². The lowest BCUT2D eigenvalue weighted by molar-refractivity contribution is -0.137. The van der Waals surface area contributed by atoms with E-state index in [0.717, 1.165) is 50.5 Å². The zero-order chi connectivity index (χ0) is 20.4. The third kappa shape index (κ3) is 7.25. The molecule has 0 bridgehead atoms. The fourth-order valence-electron chi connectivity index (χ4n) is 4.23. The number of carboxylic acid groups (broad SMARTS) is 1. The van der Waals surface area contributed by atoms with Crippen molar-refractivity contribution in [1.82, 2.24) is 0 Å². The second-order valence-corrected chi connectivity index (χ2v) is 8.61. The Kier molecular flexibility index (Phi) is 10.1. The fraction of sp³-hybridized carbons (Fsp3) is 0.625. The number of unbranched alkanes of at least 4 members (excludes halogenated alkanes) is 3. The van der Waals surface area contributed by atoms with Gasteiger partial charge in [-0.2, -0.15) is 0 Å². The fourth-order valence-corrected chi connectivity index (χ4v) is 4.71. The molecule has 2 N–H and O–H groups in total. The summed E-state index contributed by atoms with van der Waals surface area (Å²) in [7, 11) is 0. The number of carbonyl (C=O) groups is 1. The van der Waals surface area contributed by atoms with Crippen LogP contribution in [0.1, 0.15) is 94.3 Å². The molecule has 1 aliphatic carbocycles. The molecule has 28 heavy (non-hydrogen) atoms. The molecule has 1 aromatic carbocycles. The van der Waals surface area contributed by atoms with Gasteiger partial charge < -0.3 is 10.2 Å². The first-order chi connectivity index (χ1) is 13.5. The van der Waals surface area contributed by atoms with Crippen LogP contribution in [0.25, 0.3) is 0 Å². The Hall–Kier alpha value is -1.32. The van der Waals surface area contributed by atoms with E-state index in [1.807, 2.05) is 0 Å². The molecule has 156 valence electrons. The van der Waals surface area contributed by atoms with E-state index in [-0.39, 0.29) is 17.9 Å². The number of alkyl halides is 1. The summed E-state index contributed by atoms with van der Waals surface area (Å²) in [5.41, 5.74) is 2.27. The van der Waals surface area contributed by atoms with Crippen molar-refractivity contribution in [3.63, 3.8) is 0 Å². The highest BCUT2D eigenvalue weighted by atomic mass is 35.5. The van der Waals surface area contributed by atoms with Crippen LogP contribution >= 0.6 is 11.6 Å². The van der Waals surface area contributed by atoms with Crippen LogP contribution in [0.5, 0.6) is 0 Å². The molecule has 0 radical (unpaired) electrons. The van der Waals surface area contributed by atoms with Crippen LogP contribution in [-0.4, -0.2) is 21.6 Å². The summed E-state index contributed by atoms with van der Waals surface area (Å²) in [6.45, 7) is 2.17. The van der Waals surface area contributed by atoms with Gasteiger partial charge in [0.15, 0.2) is 0 Å². The molecule has 4 heteroatoms. The van der Waals surface area contributed by atoms with Crippen LogP contribution < -0.4 is 0 Å². The maximum Gasteiger partial charge on any atom is 0.303 e. The molecule has 2 rings (SSSR count). The molecule has 3 nitrogen and oxygen atoms in total. The minimum absolute atomic E-state index is 0.158. The van der Waals surface area contributed by atoms with E-state index in [9.17, 15) is 9.90 Å². The molecule has 1 aliphatic rings. The van der Waals surface area contributed by atoms with E-state index in [1.165, 1.54) is 12.0 Å². The first kappa shape index (κ1) is 23.0. The molecule has 0 aliphatic heterocycles. The van der Waals surface area contributed by atoms with Crippen LogP contribution in [0, 0.1) is 5.92 Å². The van der Waals surface area contributed by atoms with Gasteiger partial charge in [-0.25, -0.2) is 0 Å². The molecule has 1 aromatic rings. The zero-order valence-corrected chi connectivity index (χ0v) is 17.8. The lowest BCUT2D eigenvalue weighted by atomic mass is 9.85. The van der Waals surface area contributed by atoms with Gasteiger partial charge in [0.1, 0.15) is 0 Å². The van der Waals surface area contributed by atoms with Crippen molar-refractivity contribution in [1.29, 1.82) is 0 Å². The van der Waals surface area contributed by atoms with Gasteiger partial charge in [0, 0.05) is 17.7 Å². The molecular formula is C24H35ClO3. The van der Waals surface area contributed by atoms with Gasteiger partial charge >= 0.3 is 5.97 Å². The summed E-state index contributed by atoms with van der Waals surface area (Å²) >= 11 is 6.65. The van der Waals surface area contributed by atoms with Crippen LogP contribution in [0.4, 0.5) is 0 Å². The molecule has 0 spiro atoms. The summed E-state index contributed by atoms with van der Waals surface area (Å²) in [5, 5.41) is 19.2. The minimum atomic E-state index is -0.729. The highest BCUT2D eigenvalue weighted by Crippen LogP contribution is 2.45. The standard InChI is InChI=1S/C24H35ClO3/c1-2-3-6-10-22(26)18-12-14-20(15-13-18)24-19(16-17-21(24)25)9-7-4-5-8-11-23(27)28/h4,7,12-15,19,21-22,24,26H,2-3,5-6,8-11,16-17H2,1H3,(H,27,28)/b7-4-/t19?,21-,22+,24-/m0/s1. The Balaban J connectivity index is 1.90. The van der Waals surface area contributed by atoms with Gasteiger partial charge in [0.05, 0.1) is 6.10 Å². The number of aliphatic hydroxyl groups is 1. The summed E-state index contributed by atoms with van der Waals surface area (Å²) in [4.78, 5) is 10.6. The van der Waals surface area contributed by atoms with Crippen molar-refractivity contribution in [3.8, 4) is 0 Å². The maximum atomic E-state index is 10.6. The van der Waals surface area contributed by atoms with Crippen molar-refractivity contribution in [2.24, 2.45) is 5.92 Å². The molecule has 1 unspecified atom stereocenters. The molecule has 0 aromatic heterocycles. The lowest BCUT2D eigenvalue weighted by Gasteiger charge is -2.22. The van der Waals surface area contributed by atoms with Gasteiger partial charge in [-0.05, 0) is 55.6 Å². The molecule has 0 heterocycles. The summed E-state index contributed by atoms with van der Waals surface area (Å²) in [5.74, 6) is 0.142. The number of hydrogen-bond donors (Lipinski definition) is 2. The Morgan fingerprint density at radius 1 is 1.18 bits per heavy atom. The van der Waals surface area contributed by atoms with E-state index in [4.69, 9.17) is 16.7 Å². The topological polar surface area (TPSA) is 57.5 Å². The third-order valence-corrected chi connectivity index (χ3v) is 6.35. The van der Waals surface area contributed by atoms with E-state index in [1.54, 1.807) is 0 Å². The van der Waals surface area contributed by atoms with E-state index in [0.29, 0.717) is 18.3 Å². The number of rotatable bonds is 12. The maximum absolute atomic E-state index is 10.6. The lowest BCUT2D eigenvalue weighted by Crippen LogP contribution is -2.13. The normalized spacial score (nSPS) is 23.3. The van der Waals surface area contributed by atoms with Crippen LogP contribution in [0.15, 0.2) is 36.4 Å². The highest BCUT2D eigenvalue weighted by Gasteiger charge is 2.35. The first-order valence-corrected chi connectivity index (χ1v) is 11.2. The molecule has 0 saturated heterocycles. The summed E-state index contributed by atoms with van der Waals surface area (Å²) in [6.07, 6.45) is 13.0. The first-order valence-electron chi connectivity index (χ1n) is 10.8. The Morgan fingerprint density at radius 2 is 1.93 bits per heavy atom. The Bertz CT molecular complexity index is 611. The number of aliphatic hydroxyl groups excluding tert-OH is 1. The average Bonchev–Trinajstić information content (AvgIpc) is 3.05. The molecular weight excluding hydrogens is 372 g/mol. The Labute approximate surface area is 174 Å². The van der Waals surface area contributed by atoms with Gasteiger partial charge in [-0.15, -0.1) is 11.6 Å². The second-order valence-electron chi connectivity index (χ2n) is 8.05. The van der Waals surface area contributed by atoms with E-state index < -0.39 is 5.97 Å². The van der Waals surface area contributed by atoms with Crippen molar-refractivity contribution in [3.05, 3.63) is 47.5 Å². The van der Waals surface area contributed by atoms with Crippen molar-refractivity contribution in [2.45, 2.75) is 88.5 Å². The highest BCUT2D eigenvalue weighted by molar-refractivity contribution is 6.21. The Morgan fingerprint density at radius 3 is 2.61 bits per heavy atom. The summed E-state index contributed by atoms with van der Waals surface area (Å²) in [6, 6.07) is 8.42. The van der Waals surface area contributed by atoms with Gasteiger partial charge in [-0.3, -0.25) is 4.79 Å². The molecule has 0 amide bonds. The monoisotopic (exact) mass is 406 g/mol. The molecule has 1 saturated carbocycles. The smallest absolute Gasteiger partial charge is 0.303 e. The predicted molar refractivity (Wildman–Crippen MR) is 116 cm³/mol. The van der Waals surface area contributed by atoms with E-state index in [2.05, 4.69) is 43.3 Å². The quantitative estimate of drug-likeness (QED) is 0.233. The molecule has 4 atom stereocenters. The van der Waals surface area contributed by atoms with Gasteiger partial charge in [-0.1, -0.05) is 62.6 Å². The number of aliphatic carboxylic acids is 1. The third-order valence-electron chi connectivity index (χ3n) is 5.86. The number of halogens is 1. The van der Waals surface area contributed by atoms with Gasteiger partial charge in [0.2, 0.25) is 0 Å². The minimum Gasteiger partial charge on any atom is -0.481 e. The zero-order valence-electron chi connectivity index (χ0n) is 17.0. The van der Waals surface area contributed by atoms with Crippen molar-refractivity contribution in [2.75, 3.05) is 0 Å². The number of allylic oxidation sites excluding steroid dienone is 2. The van der Waals surface area contributed by atoms with Crippen LogP contribution in [0.2, 0.25) is 0 Å². The van der Waals surface area contributed by atoms with Crippen molar-refractivity contribution < 1.29 is 15.0 Å². The average molecular weight is 407 g/mol. The van der Waals surface area contributed by atoms with Crippen LogP contribution in [-0.2, 0) is 4.79 Å². The number of hydrogen-bond acceptors (Lipinski definition) is 2. The van der Waals surface area contributed by atoms with E-state index >= 15 is 0 Å². The second kappa shape index (κ2) is 12.3. The molecule has 1 fully saturated rings. The number of carboxylic acids is 1. The van der Waals surface area contributed by atoms with Gasteiger partial charge in [0.25, 0.3) is 0 Å². The predicted octanol–water partition coefficient (Wildman–Crippen LogP) is 6.60. The SMILES string of the molecule is CCCCC[C@@H](O)c1ccc([C@@H]2C(C/C=C\CCCC(=O)O)CC[C@@H]2Cl)cc1. The van der Waals surface area contributed by atoms with Crippen molar-refractivity contribution >= 4 is 17.6 Å². The number of benzene rings is 1.